The lowest BCUT2D eigenvalue weighted by Crippen LogP contribution is -2.18. The number of hydrogen-bond donors (Lipinski definition) is 0. The Hall–Kier alpha value is -2.04. The van der Waals surface area contributed by atoms with E-state index < -0.39 is 17.9 Å². The van der Waals surface area contributed by atoms with Crippen molar-refractivity contribution in [3.63, 3.8) is 0 Å². The van der Waals surface area contributed by atoms with Crippen molar-refractivity contribution < 1.29 is 22.3 Å². The monoisotopic (exact) mass is 366 g/mol. The van der Waals surface area contributed by atoms with Crippen LogP contribution in [0.25, 0.3) is 0 Å². The molecule has 3 rings (SSSR count). The van der Waals surface area contributed by atoms with Gasteiger partial charge in [0.15, 0.2) is 11.6 Å². The number of halogens is 4. The molecule has 1 fully saturated rings. The van der Waals surface area contributed by atoms with Crippen LogP contribution in [0, 0.1) is 11.7 Å². The third-order valence-corrected chi connectivity index (χ3v) is 5.10. The Labute approximate surface area is 151 Å². The van der Waals surface area contributed by atoms with Crippen LogP contribution in [0.4, 0.5) is 17.6 Å². The van der Waals surface area contributed by atoms with E-state index in [4.69, 9.17) is 0 Å². The standard InChI is InChI=1S/C21H22F4O/c1-14-2-7-17(8-3-14)18-9-4-15(5-10-18)12-16-6-11-20(19(22)13-16)26-21(23,24)25/h4-6,9-11,13-14,17H,2-3,7-8,12H2,1H3. The van der Waals surface area contributed by atoms with Crippen LogP contribution in [0.15, 0.2) is 42.5 Å². The molecule has 0 spiro atoms. The molecule has 0 atom stereocenters. The second-order valence-electron chi connectivity index (χ2n) is 7.19. The van der Waals surface area contributed by atoms with Crippen molar-refractivity contribution in [2.75, 3.05) is 0 Å². The third-order valence-electron chi connectivity index (χ3n) is 5.10. The summed E-state index contributed by atoms with van der Waals surface area (Å²) in [5.41, 5.74) is 2.94. The first-order valence-corrected chi connectivity index (χ1v) is 8.93. The fourth-order valence-electron chi connectivity index (χ4n) is 3.60. The zero-order valence-electron chi connectivity index (χ0n) is 14.7. The fourth-order valence-corrected chi connectivity index (χ4v) is 3.60. The molecule has 1 saturated carbocycles. The summed E-state index contributed by atoms with van der Waals surface area (Å²) in [6.07, 6.45) is 0.523. The van der Waals surface area contributed by atoms with Gasteiger partial charge in [-0.3, -0.25) is 0 Å². The molecule has 2 aromatic carbocycles. The zero-order valence-corrected chi connectivity index (χ0v) is 14.7. The molecule has 1 aliphatic carbocycles. The van der Waals surface area contributed by atoms with E-state index in [2.05, 4.69) is 23.8 Å². The second-order valence-corrected chi connectivity index (χ2v) is 7.19. The summed E-state index contributed by atoms with van der Waals surface area (Å²) in [6, 6.07) is 11.9. The summed E-state index contributed by atoms with van der Waals surface area (Å²) >= 11 is 0. The maximum atomic E-state index is 13.8. The predicted octanol–water partition coefficient (Wildman–Crippen LogP) is 6.61. The molecule has 0 amide bonds. The Morgan fingerprint density at radius 2 is 1.54 bits per heavy atom. The Morgan fingerprint density at radius 1 is 0.923 bits per heavy atom. The van der Waals surface area contributed by atoms with Crippen LogP contribution >= 0.6 is 0 Å². The van der Waals surface area contributed by atoms with Crippen molar-refractivity contribution in [1.82, 2.24) is 0 Å². The SMILES string of the molecule is CC1CCC(c2ccc(Cc3ccc(OC(F)(F)F)c(F)c3)cc2)CC1. The van der Waals surface area contributed by atoms with Crippen molar-refractivity contribution in [3.05, 3.63) is 65.0 Å². The molecule has 0 heterocycles. The van der Waals surface area contributed by atoms with E-state index in [1.54, 1.807) is 0 Å². The molecule has 0 bridgehead atoms. The van der Waals surface area contributed by atoms with E-state index in [0.717, 1.165) is 23.6 Å². The van der Waals surface area contributed by atoms with Gasteiger partial charge in [0.2, 0.25) is 0 Å². The van der Waals surface area contributed by atoms with Crippen LogP contribution < -0.4 is 4.74 Å². The molecule has 5 heteroatoms. The summed E-state index contributed by atoms with van der Waals surface area (Å²) < 4.78 is 54.0. The lowest BCUT2D eigenvalue weighted by atomic mass is 9.79. The van der Waals surface area contributed by atoms with E-state index in [0.29, 0.717) is 17.9 Å². The number of ether oxygens (including phenoxy) is 1. The summed E-state index contributed by atoms with van der Waals surface area (Å²) in [5, 5.41) is 0. The molecule has 0 aromatic heterocycles. The molecular weight excluding hydrogens is 344 g/mol. The average molecular weight is 366 g/mol. The van der Waals surface area contributed by atoms with Gasteiger partial charge in [-0.05, 0) is 59.9 Å². The number of hydrogen-bond acceptors (Lipinski definition) is 1. The number of rotatable bonds is 4. The largest absolute Gasteiger partial charge is 0.573 e. The average Bonchev–Trinajstić information content (AvgIpc) is 2.58. The highest BCUT2D eigenvalue weighted by molar-refractivity contribution is 5.34. The van der Waals surface area contributed by atoms with Gasteiger partial charge in [0.25, 0.3) is 0 Å². The van der Waals surface area contributed by atoms with Crippen molar-refractivity contribution in [1.29, 1.82) is 0 Å². The molecule has 0 radical (unpaired) electrons. The highest BCUT2D eigenvalue weighted by atomic mass is 19.4. The van der Waals surface area contributed by atoms with Crippen molar-refractivity contribution in [2.45, 2.75) is 51.3 Å². The highest BCUT2D eigenvalue weighted by Crippen LogP contribution is 2.35. The first-order chi connectivity index (χ1) is 12.3. The highest BCUT2D eigenvalue weighted by Gasteiger charge is 2.32. The minimum atomic E-state index is -4.89. The topological polar surface area (TPSA) is 9.23 Å². The molecule has 0 aliphatic heterocycles. The summed E-state index contributed by atoms with van der Waals surface area (Å²) in [7, 11) is 0. The lowest BCUT2D eigenvalue weighted by molar-refractivity contribution is -0.275. The molecule has 2 aromatic rings. The number of alkyl halides is 3. The second kappa shape index (κ2) is 7.68. The minimum Gasteiger partial charge on any atom is -0.403 e. The van der Waals surface area contributed by atoms with Gasteiger partial charge in [0, 0.05) is 0 Å². The molecule has 0 unspecified atom stereocenters. The smallest absolute Gasteiger partial charge is 0.403 e. The van der Waals surface area contributed by atoms with Gasteiger partial charge in [-0.25, -0.2) is 4.39 Å². The van der Waals surface area contributed by atoms with Crippen LogP contribution in [-0.4, -0.2) is 6.36 Å². The molecule has 0 N–H and O–H groups in total. The van der Waals surface area contributed by atoms with Gasteiger partial charge in [-0.2, -0.15) is 0 Å². The van der Waals surface area contributed by atoms with Crippen LogP contribution in [0.5, 0.6) is 5.75 Å². The van der Waals surface area contributed by atoms with Crippen LogP contribution in [0.1, 0.15) is 55.2 Å². The van der Waals surface area contributed by atoms with E-state index in [1.807, 2.05) is 12.1 Å². The van der Waals surface area contributed by atoms with Gasteiger partial charge in [0.05, 0.1) is 0 Å². The first kappa shape index (κ1) is 18.7. The molecule has 26 heavy (non-hydrogen) atoms. The Bertz CT molecular complexity index is 729. The minimum absolute atomic E-state index is 0.463. The fraction of sp³-hybridized carbons (Fsp3) is 0.429. The Kier molecular flexibility index (Phi) is 5.54. The molecule has 140 valence electrons. The molecule has 1 aliphatic rings. The zero-order chi connectivity index (χ0) is 18.7. The van der Waals surface area contributed by atoms with Gasteiger partial charge in [-0.15, -0.1) is 13.2 Å². The predicted molar refractivity (Wildman–Crippen MR) is 92.7 cm³/mol. The van der Waals surface area contributed by atoms with E-state index in [1.165, 1.54) is 37.3 Å². The molecular formula is C21H22F4O. The van der Waals surface area contributed by atoms with Crippen molar-refractivity contribution >= 4 is 0 Å². The van der Waals surface area contributed by atoms with E-state index >= 15 is 0 Å². The Balaban J connectivity index is 1.65. The van der Waals surface area contributed by atoms with Gasteiger partial charge in [0.1, 0.15) is 0 Å². The van der Waals surface area contributed by atoms with Gasteiger partial charge < -0.3 is 4.74 Å². The maximum Gasteiger partial charge on any atom is 0.573 e. The van der Waals surface area contributed by atoms with Crippen molar-refractivity contribution in [3.8, 4) is 5.75 Å². The number of benzene rings is 2. The molecule has 1 nitrogen and oxygen atoms in total. The summed E-state index contributed by atoms with van der Waals surface area (Å²) in [5.74, 6) is -0.392. The van der Waals surface area contributed by atoms with Gasteiger partial charge >= 0.3 is 6.36 Å². The summed E-state index contributed by atoms with van der Waals surface area (Å²) in [4.78, 5) is 0. The van der Waals surface area contributed by atoms with Crippen LogP contribution in [0.3, 0.4) is 0 Å². The first-order valence-electron chi connectivity index (χ1n) is 8.93. The van der Waals surface area contributed by atoms with Crippen LogP contribution in [-0.2, 0) is 6.42 Å². The quantitative estimate of drug-likeness (QED) is 0.553. The van der Waals surface area contributed by atoms with E-state index in [9.17, 15) is 17.6 Å². The third kappa shape index (κ3) is 4.99. The summed E-state index contributed by atoms with van der Waals surface area (Å²) in [6.45, 7) is 2.30. The van der Waals surface area contributed by atoms with Gasteiger partial charge in [-0.1, -0.05) is 50.1 Å². The Morgan fingerprint density at radius 3 is 2.12 bits per heavy atom. The normalized spacial score (nSPS) is 20.8. The van der Waals surface area contributed by atoms with Crippen LogP contribution in [0.2, 0.25) is 0 Å². The lowest BCUT2D eigenvalue weighted by Gasteiger charge is -2.26. The maximum absolute atomic E-state index is 13.8. The molecule has 0 saturated heterocycles. The van der Waals surface area contributed by atoms with Crippen molar-refractivity contribution in [2.24, 2.45) is 5.92 Å². The van der Waals surface area contributed by atoms with E-state index in [-0.39, 0.29) is 0 Å².